The van der Waals surface area contributed by atoms with Crippen molar-refractivity contribution in [3.8, 4) is 0 Å². The van der Waals surface area contributed by atoms with Gasteiger partial charge in [-0.05, 0) is 6.42 Å². The Hall–Kier alpha value is 0.790. The molecule has 0 nitrogen and oxygen atoms in total. The number of hydrogen-bond acceptors (Lipinski definition) is 2. The highest BCUT2D eigenvalue weighted by molar-refractivity contribution is 8.41. The summed E-state index contributed by atoms with van der Waals surface area (Å²) in [6.45, 7) is 4.36. The summed E-state index contributed by atoms with van der Waals surface area (Å²) in [5.74, 6) is 0. The molecular weight excluding hydrogens is 168 g/mol. The molecule has 1 unspecified atom stereocenters. The van der Waals surface area contributed by atoms with Crippen molar-refractivity contribution < 1.29 is 0 Å². The third-order valence-electron chi connectivity index (χ3n) is 0.997. The Labute approximate surface area is 72.2 Å². The van der Waals surface area contributed by atoms with Crippen LogP contribution in [0.25, 0.3) is 0 Å². The van der Waals surface area contributed by atoms with Gasteiger partial charge in [0.1, 0.15) is 3.53 Å². The normalized spacial score (nSPS) is 13.2. The summed E-state index contributed by atoms with van der Waals surface area (Å²) in [5, 5.41) is 0.639. The zero-order valence-electron chi connectivity index (χ0n) is 5.76. The summed E-state index contributed by atoms with van der Waals surface area (Å²) >= 11 is 10.5. The largest absolute Gasteiger partial charge is 0.125 e. The van der Waals surface area contributed by atoms with E-state index in [0.29, 0.717) is 5.25 Å². The lowest BCUT2D eigenvalue weighted by Gasteiger charge is -2.05. The highest BCUT2D eigenvalue weighted by Crippen LogP contribution is 2.18. The van der Waals surface area contributed by atoms with Gasteiger partial charge in [-0.3, -0.25) is 0 Å². The van der Waals surface area contributed by atoms with E-state index < -0.39 is 0 Å². The molecule has 0 aromatic rings. The van der Waals surface area contributed by atoms with Crippen LogP contribution in [0.15, 0.2) is 0 Å². The number of thioether (sulfide) groups is 1. The molecule has 9 heavy (non-hydrogen) atoms. The van der Waals surface area contributed by atoms with Crippen molar-refractivity contribution in [3.63, 3.8) is 0 Å². The Bertz CT molecular complexity index is 90.3. The summed E-state index contributed by atoms with van der Waals surface area (Å²) in [7, 11) is 0. The lowest BCUT2D eigenvalue weighted by Crippen LogP contribution is -1.95. The lowest BCUT2D eigenvalue weighted by molar-refractivity contribution is 0.790. The molecule has 54 valence electrons. The van der Waals surface area contributed by atoms with Gasteiger partial charge in [0.2, 0.25) is 0 Å². The molecule has 0 aliphatic rings. The minimum absolute atomic E-state index is 0.639. The molecule has 0 rings (SSSR count). The van der Waals surface area contributed by atoms with E-state index in [9.17, 15) is 0 Å². The van der Waals surface area contributed by atoms with Gasteiger partial charge in [0.05, 0.1) is 0 Å². The van der Waals surface area contributed by atoms with E-state index in [4.69, 9.17) is 12.2 Å². The van der Waals surface area contributed by atoms with Crippen molar-refractivity contribution in [1.82, 2.24) is 0 Å². The monoisotopic (exact) mass is 180 g/mol. The Balaban J connectivity index is 3.26. The van der Waals surface area contributed by atoms with Crippen molar-refractivity contribution in [3.05, 3.63) is 0 Å². The molecule has 3 heteroatoms. The van der Waals surface area contributed by atoms with Gasteiger partial charge < -0.3 is 0 Å². The topological polar surface area (TPSA) is 0 Å². The van der Waals surface area contributed by atoms with E-state index in [1.165, 1.54) is 12.8 Å². The number of rotatable bonds is 3. The molecule has 0 aromatic heterocycles. The maximum Gasteiger partial charge on any atom is 0.101 e. The van der Waals surface area contributed by atoms with E-state index >= 15 is 0 Å². The van der Waals surface area contributed by atoms with Gasteiger partial charge >= 0.3 is 0 Å². The predicted molar refractivity (Wildman–Crippen MR) is 53.5 cm³/mol. The molecule has 0 saturated carbocycles. The van der Waals surface area contributed by atoms with Crippen LogP contribution in [-0.2, 0) is 0 Å². The second kappa shape index (κ2) is 5.57. The third-order valence-corrected chi connectivity index (χ3v) is 2.44. The zero-order valence-corrected chi connectivity index (χ0v) is 8.28. The van der Waals surface area contributed by atoms with Gasteiger partial charge in [-0.25, -0.2) is 0 Å². The van der Waals surface area contributed by atoms with Gasteiger partial charge in [0.25, 0.3) is 0 Å². The maximum absolute atomic E-state index is 4.81. The molecule has 0 bridgehead atoms. The molecule has 0 aliphatic carbocycles. The number of hydrogen-bond donors (Lipinski definition) is 1. The van der Waals surface area contributed by atoms with Gasteiger partial charge in [-0.15, -0.1) is 24.4 Å². The first-order valence-corrected chi connectivity index (χ1v) is 4.80. The average Bonchev–Trinajstić information content (AvgIpc) is 1.63. The first-order chi connectivity index (χ1) is 4.16. The quantitative estimate of drug-likeness (QED) is 0.523. The van der Waals surface area contributed by atoms with Gasteiger partial charge in [-0.1, -0.05) is 32.5 Å². The highest BCUT2D eigenvalue weighted by atomic mass is 32.2. The van der Waals surface area contributed by atoms with Crippen molar-refractivity contribution in [1.29, 1.82) is 0 Å². The molecule has 0 radical (unpaired) electrons. The summed E-state index contributed by atoms with van der Waals surface area (Å²) in [5.41, 5.74) is 0. The van der Waals surface area contributed by atoms with Gasteiger partial charge in [0, 0.05) is 5.25 Å². The summed E-state index contributed by atoms with van der Waals surface area (Å²) in [4.78, 5) is 0. The first-order valence-electron chi connectivity index (χ1n) is 3.06. The van der Waals surface area contributed by atoms with Crippen LogP contribution in [0.3, 0.4) is 0 Å². The predicted octanol–water partition coefficient (Wildman–Crippen LogP) is 3.12. The van der Waals surface area contributed by atoms with Crippen molar-refractivity contribution in [2.45, 2.75) is 31.9 Å². The van der Waals surface area contributed by atoms with Crippen LogP contribution in [0.5, 0.6) is 0 Å². The fourth-order valence-corrected chi connectivity index (χ4v) is 2.37. The summed E-state index contributed by atoms with van der Waals surface area (Å²) in [6, 6.07) is 0. The fraction of sp³-hybridized carbons (Fsp3) is 0.833. The maximum atomic E-state index is 4.81. The standard InChI is InChI=1S/C6H12S3/c1-3-4-5(2)9-6(7)8/h5H,3-4H2,1-2H3,(H,7,8). The molecule has 0 aliphatic heterocycles. The van der Waals surface area contributed by atoms with Crippen molar-refractivity contribution in [2.24, 2.45) is 0 Å². The van der Waals surface area contributed by atoms with Crippen LogP contribution < -0.4 is 0 Å². The molecule has 0 amide bonds. The zero-order chi connectivity index (χ0) is 7.28. The molecule has 0 fully saturated rings. The minimum Gasteiger partial charge on any atom is -0.125 e. The van der Waals surface area contributed by atoms with E-state index in [2.05, 4.69) is 26.5 Å². The molecular formula is C6H12S3. The van der Waals surface area contributed by atoms with Gasteiger partial charge in [-0.2, -0.15) is 0 Å². The van der Waals surface area contributed by atoms with Crippen LogP contribution in [0.4, 0.5) is 0 Å². The average molecular weight is 180 g/mol. The second-order valence-corrected chi connectivity index (χ2v) is 5.15. The molecule has 0 heterocycles. The smallest absolute Gasteiger partial charge is 0.101 e. The molecule has 1 atom stereocenters. The van der Waals surface area contributed by atoms with E-state index in [1.807, 2.05) is 0 Å². The van der Waals surface area contributed by atoms with Crippen LogP contribution >= 0.6 is 36.6 Å². The van der Waals surface area contributed by atoms with E-state index in [-0.39, 0.29) is 0 Å². The Morgan fingerprint density at radius 2 is 2.33 bits per heavy atom. The van der Waals surface area contributed by atoms with Gasteiger partial charge in [0.15, 0.2) is 0 Å². The van der Waals surface area contributed by atoms with E-state index in [1.54, 1.807) is 11.8 Å². The molecule has 0 saturated heterocycles. The molecule has 0 N–H and O–H groups in total. The third kappa shape index (κ3) is 6.68. The molecule has 0 spiro atoms. The lowest BCUT2D eigenvalue weighted by atomic mass is 10.3. The Kier molecular flexibility index (Phi) is 6.05. The van der Waals surface area contributed by atoms with Crippen LogP contribution in [0.2, 0.25) is 0 Å². The fourth-order valence-electron chi connectivity index (χ4n) is 0.638. The van der Waals surface area contributed by atoms with Crippen LogP contribution in [0, 0.1) is 0 Å². The Morgan fingerprint density at radius 1 is 1.78 bits per heavy atom. The Morgan fingerprint density at radius 3 is 2.67 bits per heavy atom. The van der Waals surface area contributed by atoms with Crippen molar-refractivity contribution in [2.75, 3.05) is 0 Å². The minimum atomic E-state index is 0.639. The summed E-state index contributed by atoms with van der Waals surface area (Å²) < 4.78 is 0.760. The van der Waals surface area contributed by atoms with Crippen molar-refractivity contribution >= 4 is 40.1 Å². The number of thiocarbonyl (C=S) groups is 1. The van der Waals surface area contributed by atoms with E-state index in [0.717, 1.165) is 3.53 Å². The highest BCUT2D eigenvalue weighted by Gasteiger charge is 2.00. The second-order valence-electron chi connectivity index (χ2n) is 1.98. The van der Waals surface area contributed by atoms with Crippen LogP contribution in [-0.4, -0.2) is 8.78 Å². The SMILES string of the molecule is CCCC(C)SC(=S)S. The van der Waals surface area contributed by atoms with Crippen LogP contribution in [0.1, 0.15) is 26.7 Å². The number of thiol groups is 1. The molecule has 0 aromatic carbocycles. The summed E-state index contributed by atoms with van der Waals surface area (Å²) in [6.07, 6.45) is 2.45. The first kappa shape index (κ1) is 9.79.